The lowest BCUT2D eigenvalue weighted by atomic mass is 10.1. The van der Waals surface area contributed by atoms with Gasteiger partial charge in [-0.1, -0.05) is 19.9 Å². The maximum atomic E-state index is 14.5. The Morgan fingerprint density at radius 1 is 1.26 bits per heavy atom. The standard InChI is InChI=1S/C20H33FN4O.HI/c1-4-22-20(23-9-5-6-16(2)3)24-15-17-7-8-19(18(21)14-17)25-10-12-26-13-11-25;/h7-8,14,16H,4-6,9-13,15H2,1-3H3,(H2,22,23,24);1H. The first-order chi connectivity index (χ1) is 12.6. The molecular weight excluding hydrogens is 458 g/mol. The first-order valence-corrected chi connectivity index (χ1v) is 9.73. The van der Waals surface area contributed by atoms with Gasteiger partial charge in [0.25, 0.3) is 0 Å². The third kappa shape index (κ3) is 8.64. The van der Waals surface area contributed by atoms with Crippen molar-refractivity contribution in [3.05, 3.63) is 29.6 Å². The van der Waals surface area contributed by atoms with Gasteiger partial charge in [0.05, 0.1) is 25.4 Å². The third-order valence-electron chi connectivity index (χ3n) is 4.38. The zero-order valence-electron chi connectivity index (χ0n) is 16.8. The number of hydrogen-bond acceptors (Lipinski definition) is 3. The van der Waals surface area contributed by atoms with Gasteiger partial charge in [0.15, 0.2) is 5.96 Å². The number of guanidine groups is 1. The van der Waals surface area contributed by atoms with Crippen LogP contribution in [0.5, 0.6) is 0 Å². The Kier molecular flexibility index (Phi) is 11.7. The van der Waals surface area contributed by atoms with Gasteiger partial charge in [-0.05, 0) is 43.4 Å². The van der Waals surface area contributed by atoms with E-state index in [-0.39, 0.29) is 29.8 Å². The molecule has 154 valence electrons. The van der Waals surface area contributed by atoms with Gasteiger partial charge in [-0.2, -0.15) is 0 Å². The average Bonchev–Trinajstić information content (AvgIpc) is 2.63. The van der Waals surface area contributed by atoms with Gasteiger partial charge >= 0.3 is 0 Å². The highest BCUT2D eigenvalue weighted by Gasteiger charge is 2.15. The molecule has 0 saturated carbocycles. The van der Waals surface area contributed by atoms with E-state index in [4.69, 9.17) is 4.74 Å². The SMILES string of the molecule is CCNC(=NCc1ccc(N2CCOCC2)c(F)c1)NCCCC(C)C.I. The fourth-order valence-corrected chi connectivity index (χ4v) is 2.94. The molecule has 2 N–H and O–H groups in total. The molecule has 1 aliphatic rings. The molecule has 0 bridgehead atoms. The van der Waals surface area contributed by atoms with E-state index in [2.05, 4.69) is 29.5 Å². The molecule has 1 aromatic carbocycles. The van der Waals surface area contributed by atoms with Crippen LogP contribution in [0.3, 0.4) is 0 Å². The molecule has 1 heterocycles. The van der Waals surface area contributed by atoms with E-state index < -0.39 is 0 Å². The van der Waals surface area contributed by atoms with E-state index in [1.54, 1.807) is 6.07 Å². The minimum absolute atomic E-state index is 0. The highest BCUT2D eigenvalue weighted by molar-refractivity contribution is 14.0. The highest BCUT2D eigenvalue weighted by atomic mass is 127. The van der Waals surface area contributed by atoms with E-state index >= 15 is 0 Å². The van der Waals surface area contributed by atoms with Crippen LogP contribution in [0.25, 0.3) is 0 Å². The summed E-state index contributed by atoms with van der Waals surface area (Å²) in [5, 5.41) is 6.59. The quantitative estimate of drug-likeness (QED) is 0.251. The molecule has 0 aromatic heterocycles. The minimum Gasteiger partial charge on any atom is -0.378 e. The van der Waals surface area contributed by atoms with E-state index in [1.165, 1.54) is 6.42 Å². The third-order valence-corrected chi connectivity index (χ3v) is 4.38. The van der Waals surface area contributed by atoms with Gasteiger partial charge in [0, 0.05) is 26.2 Å². The number of aliphatic imine (C=N–C) groups is 1. The number of halogens is 2. The summed E-state index contributed by atoms with van der Waals surface area (Å²) < 4.78 is 19.8. The summed E-state index contributed by atoms with van der Waals surface area (Å²) in [4.78, 5) is 6.61. The first kappa shape index (κ1) is 23.9. The number of nitrogens with zero attached hydrogens (tertiary/aromatic N) is 2. The van der Waals surface area contributed by atoms with Crippen LogP contribution < -0.4 is 15.5 Å². The van der Waals surface area contributed by atoms with Crippen molar-refractivity contribution in [2.45, 2.75) is 40.2 Å². The second kappa shape index (κ2) is 13.1. The van der Waals surface area contributed by atoms with Crippen molar-refractivity contribution in [3.8, 4) is 0 Å². The Balaban J connectivity index is 0.00000364. The lowest BCUT2D eigenvalue weighted by molar-refractivity contribution is 0.122. The van der Waals surface area contributed by atoms with Crippen molar-refractivity contribution >= 4 is 35.6 Å². The van der Waals surface area contributed by atoms with E-state index in [9.17, 15) is 4.39 Å². The Bertz CT molecular complexity index is 577. The summed E-state index contributed by atoms with van der Waals surface area (Å²) in [6, 6.07) is 5.41. The van der Waals surface area contributed by atoms with Crippen molar-refractivity contribution in [2.75, 3.05) is 44.3 Å². The zero-order chi connectivity index (χ0) is 18.8. The Morgan fingerprint density at radius 3 is 2.63 bits per heavy atom. The smallest absolute Gasteiger partial charge is 0.191 e. The maximum absolute atomic E-state index is 14.5. The first-order valence-electron chi connectivity index (χ1n) is 9.73. The number of hydrogen-bond donors (Lipinski definition) is 2. The molecule has 27 heavy (non-hydrogen) atoms. The summed E-state index contributed by atoms with van der Waals surface area (Å²) >= 11 is 0. The summed E-state index contributed by atoms with van der Waals surface area (Å²) in [6.45, 7) is 11.4. The average molecular weight is 492 g/mol. The van der Waals surface area contributed by atoms with Crippen LogP contribution in [0.1, 0.15) is 39.2 Å². The predicted octanol–water partition coefficient (Wildman–Crippen LogP) is 3.77. The molecule has 0 amide bonds. The van der Waals surface area contributed by atoms with Gasteiger partial charge < -0.3 is 20.3 Å². The topological polar surface area (TPSA) is 48.9 Å². The fourth-order valence-electron chi connectivity index (χ4n) is 2.94. The lowest BCUT2D eigenvalue weighted by Crippen LogP contribution is -2.37. The van der Waals surface area contributed by atoms with Gasteiger partial charge in [-0.25, -0.2) is 9.38 Å². The molecule has 1 fully saturated rings. The van der Waals surface area contributed by atoms with Gasteiger partial charge in [0.1, 0.15) is 5.82 Å². The molecule has 2 rings (SSSR count). The molecule has 1 aromatic rings. The van der Waals surface area contributed by atoms with Crippen LogP contribution in [0, 0.1) is 11.7 Å². The molecule has 5 nitrogen and oxygen atoms in total. The van der Waals surface area contributed by atoms with Crippen LogP contribution in [0.4, 0.5) is 10.1 Å². The lowest BCUT2D eigenvalue weighted by Gasteiger charge is -2.29. The van der Waals surface area contributed by atoms with E-state index in [1.807, 2.05) is 24.0 Å². The number of rotatable bonds is 8. The molecule has 0 atom stereocenters. The molecule has 1 saturated heterocycles. The minimum atomic E-state index is -0.186. The number of morpholine rings is 1. The van der Waals surface area contributed by atoms with Crippen molar-refractivity contribution in [3.63, 3.8) is 0 Å². The van der Waals surface area contributed by atoms with Crippen molar-refractivity contribution < 1.29 is 9.13 Å². The second-order valence-corrected chi connectivity index (χ2v) is 7.04. The zero-order valence-corrected chi connectivity index (χ0v) is 19.1. The monoisotopic (exact) mass is 492 g/mol. The normalized spacial score (nSPS) is 14.9. The summed E-state index contributed by atoms with van der Waals surface area (Å²) in [5.41, 5.74) is 1.53. The number of ether oxygens (including phenoxy) is 1. The summed E-state index contributed by atoms with van der Waals surface area (Å²) in [7, 11) is 0. The fraction of sp³-hybridized carbons (Fsp3) is 0.650. The Labute approximate surface area is 180 Å². The van der Waals surface area contributed by atoms with Crippen LogP contribution >= 0.6 is 24.0 Å². The second-order valence-electron chi connectivity index (χ2n) is 7.04. The Morgan fingerprint density at radius 2 is 2.00 bits per heavy atom. The van der Waals surface area contributed by atoms with E-state index in [0.29, 0.717) is 31.4 Å². The number of anilines is 1. The van der Waals surface area contributed by atoms with Crippen molar-refractivity contribution in [2.24, 2.45) is 10.9 Å². The predicted molar refractivity (Wildman–Crippen MR) is 122 cm³/mol. The van der Waals surface area contributed by atoms with Crippen LogP contribution in [0.15, 0.2) is 23.2 Å². The van der Waals surface area contributed by atoms with Gasteiger partial charge in [-0.3, -0.25) is 0 Å². The molecule has 1 aliphatic heterocycles. The van der Waals surface area contributed by atoms with Crippen LogP contribution in [0.2, 0.25) is 0 Å². The van der Waals surface area contributed by atoms with E-state index in [0.717, 1.165) is 44.1 Å². The maximum Gasteiger partial charge on any atom is 0.191 e. The van der Waals surface area contributed by atoms with Crippen LogP contribution in [-0.2, 0) is 11.3 Å². The molecular formula is C20H34FIN4O. The molecule has 0 aliphatic carbocycles. The highest BCUT2D eigenvalue weighted by Crippen LogP contribution is 2.21. The molecule has 7 heteroatoms. The van der Waals surface area contributed by atoms with Gasteiger partial charge in [0.2, 0.25) is 0 Å². The Hall–Kier alpha value is -1.09. The van der Waals surface area contributed by atoms with Crippen molar-refractivity contribution in [1.82, 2.24) is 10.6 Å². The molecule has 0 unspecified atom stereocenters. The largest absolute Gasteiger partial charge is 0.378 e. The van der Waals surface area contributed by atoms with Gasteiger partial charge in [-0.15, -0.1) is 24.0 Å². The van der Waals surface area contributed by atoms with Crippen LogP contribution in [-0.4, -0.2) is 45.4 Å². The van der Waals surface area contributed by atoms with Crippen molar-refractivity contribution in [1.29, 1.82) is 0 Å². The summed E-state index contributed by atoms with van der Waals surface area (Å²) in [5.74, 6) is 1.31. The number of benzene rings is 1. The molecule has 0 spiro atoms. The molecule has 0 radical (unpaired) electrons. The summed E-state index contributed by atoms with van der Waals surface area (Å²) in [6.07, 6.45) is 2.31. The number of nitrogens with one attached hydrogen (secondary N) is 2.